The summed E-state index contributed by atoms with van der Waals surface area (Å²) in [7, 11) is 0. The summed E-state index contributed by atoms with van der Waals surface area (Å²) in [4.78, 5) is 11.0. The van der Waals surface area contributed by atoms with Gasteiger partial charge in [-0.2, -0.15) is 13.2 Å². The van der Waals surface area contributed by atoms with E-state index in [9.17, 15) is 23.1 Å². The molecule has 4 atom stereocenters. The van der Waals surface area contributed by atoms with Crippen LogP contribution < -0.4 is 5.32 Å². The topological polar surface area (TPSA) is 77.0 Å². The van der Waals surface area contributed by atoms with Crippen molar-refractivity contribution in [2.24, 2.45) is 0 Å². The van der Waals surface area contributed by atoms with Crippen molar-refractivity contribution in [1.82, 2.24) is 5.32 Å². The molecule has 116 valence electrons. The standard InChI is InChI=1S/C11H16F3NO5/c1-10(2)19-7-5(15-9(17)11(12,13)14)4-18-6(3-16)8(7)20-10/h5-8,16H,3-4H2,1-2H3,(H,15,17)/t5-,6+,7+,8-/m0/s1. The minimum Gasteiger partial charge on any atom is -0.394 e. The predicted octanol–water partition coefficient (Wildman–Crippen LogP) is -0.0553. The maximum absolute atomic E-state index is 12.3. The highest BCUT2D eigenvalue weighted by molar-refractivity contribution is 5.82. The molecule has 0 bridgehead atoms. The number of halogens is 3. The Bertz CT molecular complexity index is 387. The highest BCUT2D eigenvalue weighted by Crippen LogP contribution is 2.35. The number of alkyl halides is 3. The lowest BCUT2D eigenvalue weighted by atomic mass is 9.98. The first-order chi connectivity index (χ1) is 9.14. The van der Waals surface area contributed by atoms with Gasteiger partial charge in [0.15, 0.2) is 5.79 Å². The van der Waals surface area contributed by atoms with Crippen LogP contribution in [0, 0.1) is 0 Å². The first-order valence-electron chi connectivity index (χ1n) is 6.10. The third-order valence-electron chi connectivity index (χ3n) is 3.17. The Hall–Kier alpha value is -0.900. The normalized spacial score (nSPS) is 36.5. The lowest BCUT2D eigenvalue weighted by Gasteiger charge is -2.36. The summed E-state index contributed by atoms with van der Waals surface area (Å²) in [6, 6.07) is -0.987. The quantitative estimate of drug-likeness (QED) is 0.747. The van der Waals surface area contributed by atoms with Crippen LogP contribution in [0.3, 0.4) is 0 Å². The molecule has 2 aliphatic rings. The van der Waals surface area contributed by atoms with Crippen molar-refractivity contribution in [3.63, 3.8) is 0 Å². The molecule has 9 heteroatoms. The molecule has 0 aromatic heterocycles. The summed E-state index contributed by atoms with van der Waals surface area (Å²) in [5.74, 6) is -3.07. The summed E-state index contributed by atoms with van der Waals surface area (Å²) in [6.45, 7) is 2.67. The van der Waals surface area contributed by atoms with Crippen molar-refractivity contribution in [2.75, 3.05) is 13.2 Å². The van der Waals surface area contributed by atoms with Gasteiger partial charge in [0.05, 0.1) is 19.3 Å². The maximum Gasteiger partial charge on any atom is 0.471 e. The van der Waals surface area contributed by atoms with Crippen molar-refractivity contribution < 1.29 is 37.3 Å². The van der Waals surface area contributed by atoms with Crippen LogP contribution in [0.25, 0.3) is 0 Å². The molecule has 1 amide bonds. The molecule has 0 aromatic rings. The Balaban J connectivity index is 2.10. The molecule has 2 rings (SSSR count). The molecule has 6 nitrogen and oxygen atoms in total. The second-order valence-electron chi connectivity index (χ2n) is 5.20. The number of hydrogen-bond donors (Lipinski definition) is 2. The van der Waals surface area contributed by atoms with E-state index in [2.05, 4.69) is 0 Å². The number of carbonyl (C=O) groups excluding carboxylic acids is 1. The molecule has 0 aromatic carbocycles. The van der Waals surface area contributed by atoms with E-state index in [4.69, 9.17) is 14.2 Å². The number of rotatable bonds is 2. The number of hydrogen-bond acceptors (Lipinski definition) is 5. The zero-order valence-electron chi connectivity index (χ0n) is 10.9. The third kappa shape index (κ3) is 3.05. The van der Waals surface area contributed by atoms with E-state index in [1.165, 1.54) is 0 Å². The number of fused-ring (bicyclic) bond motifs is 1. The van der Waals surface area contributed by atoms with E-state index >= 15 is 0 Å². The van der Waals surface area contributed by atoms with Crippen molar-refractivity contribution in [3.8, 4) is 0 Å². The Morgan fingerprint density at radius 1 is 1.35 bits per heavy atom. The number of amides is 1. The molecule has 2 saturated heterocycles. The lowest BCUT2D eigenvalue weighted by Crippen LogP contribution is -2.60. The average molecular weight is 299 g/mol. The number of aliphatic hydroxyl groups is 1. The van der Waals surface area contributed by atoms with E-state index in [0.717, 1.165) is 0 Å². The van der Waals surface area contributed by atoms with Gasteiger partial charge in [0, 0.05) is 0 Å². The Morgan fingerprint density at radius 3 is 2.50 bits per heavy atom. The van der Waals surface area contributed by atoms with Crippen molar-refractivity contribution >= 4 is 5.91 Å². The molecule has 2 N–H and O–H groups in total. The second kappa shape index (κ2) is 5.14. The first-order valence-corrected chi connectivity index (χ1v) is 6.10. The molecular formula is C11H16F3NO5. The fraction of sp³-hybridized carbons (Fsp3) is 0.909. The molecule has 0 radical (unpaired) electrons. The maximum atomic E-state index is 12.3. The summed E-state index contributed by atoms with van der Waals surface area (Å²) < 4.78 is 53.1. The summed E-state index contributed by atoms with van der Waals surface area (Å²) in [5, 5.41) is 11.0. The summed E-state index contributed by atoms with van der Waals surface area (Å²) in [5.41, 5.74) is 0. The van der Waals surface area contributed by atoms with Gasteiger partial charge in [0.25, 0.3) is 0 Å². The van der Waals surface area contributed by atoms with E-state index in [0.29, 0.717) is 0 Å². The van der Waals surface area contributed by atoms with E-state index in [-0.39, 0.29) is 13.2 Å². The largest absolute Gasteiger partial charge is 0.471 e. The second-order valence-corrected chi connectivity index (χ2v) is 5.20. The average Bonchev–Trinajstić information content (AvgIpc) is 2.63. The van der Waals surface area contributed by atoms with Gasteiger partial charge in [0.2, 0.25) is 0 Å². The Kier molecular flexibility index (Phi) is 3.98. The predicted molar refractivity (Wildman–Crippen MR) is 58.6 cm³/mol. The van der Waals surface area contributed by atoms with Crippen LogP contribution in [0.4, 0.5) is 13.2 Å². The van der Waals surface area contributed by atoms with Gasteiger partial charge in [-0.3, -0.25) is 4.79 Å². The van der Waals surface area contributed by atoms with Crippen molar-refractivity contribution in [1.29, 1.82) is 0 Å². The van der Waals surface area contributed by atoms with Crippen LogP contribution in [0.2, 0.25) is 0 Å². The molecule has 0 spiro atoms. The zero-order valence-corrected chi connectivity index (χ0v) is 10.9. The van der Waals surface area contributed by atoms with Gasteiger partial charge >= 0.3 is 12.1 Å². The Labute approximate surface area is 113 Å². The van der Waals surface area contributed by atoms with Crippen molar-refractivity contribution in [2.45, 2.75) is 50.2 Å². The van der Waals surface area contributed by atoms with Crippen LogP contribution >= 0.6 is 0 Å². The fourth-order valence-corrected chi connectivity index (χ4v) is 2.36. The molecule has 2 fully saturated rings. The molecule has 0 aliphatic carbocycles. The minimum absolute atomic E-state index is 0.187. The van der Waals surface area contributed by atoms with Crippen LogP contribution in [-0.4, -0.2) is 60.5 Å². The number of nitrogens with one attached hydrogen (secondary N) is 1. The molecule has 20 heavy (non-hydrogen) atoms. The number of ether oxygens (including phenoxy) is 3. The van der Waals surface area contributed by atoms with Crippen molar-refractivity contribution in [3.05, 3.63) is 0 Å². The van der Waals surface area contributed by atoms with Gasteiger partial charge in [-0.15, -0.1) is 0 Å². The number of aliphatic hydroxyl groups excluding tert-OH is 1. The lowest BCUT2D eigenvalue weighted by molar-refractivity contribution is -0.178. The molecule has 0 saturated carbocycles. The van der Waals surface area contributed by atoms with Crippen LogP contribution in [0.1, 0.15) is 13.8 Å². The smallest absolute Gasteiger partial charge is 0.394 e. The van der Waals surface area contributed by atoms with Gasteiger partial charge in [-0.1, -0.05) is 0 Å². The summed E-state index contributed by atoms with van der Waals surface area (Å²) in [6.07, 6.45) is -7.21. The highest BCUT2D eigenvalue weighted by Gasteiger charge is 2.53. The monoisotopic (exact) mass is 299 g/mol. The zero-order chi connectivity index (χ0) is 15.1. The van der Waals surface area contributed by atoms with Gasteiger partial charge in [-0.05, 0) is 13.8 Å². The van der Waals surface area contributed by atoms with Crippen LogP contribution in [-0.2, 0) is 19.0 Å². The van der Waals surface area contributed by atoms with E-state index < -0.39 is 42.2 Å². The van der Waals surface area contributed by atoms with Crippen LogP contribution in [0.15, 0.2) is 0 Å². The fourth-order valence-electron chi connectivity index (χ4n) is 2.36. The number of carbonyl (C=O) groups is 1. The van der Waals surface area contributed by atoms with E-state index in [1.807, 2.05) is 5.32 Å². The SMILES string of the molecule is CC1(C)O[C@@H]2[C@H](O1)[C@@H](NC(=O)C(F)(F)F)CO[C@@H]2CO. The highest BCUT2D eigenvalue weighted by atomic mass is 19.4. The first kappa shape index (κ1) is 15.5. The molecule has 2 aliphatic heterocycles. The third-order valence-corrected chi connectivity index (χ3v) is 3.17. The van der Waals surface area contributed by atoms with E-state index in [1.54, 1.807) is 13.8 Å². The van der Waals surface area contributed by atoms with Gasteiger partial charge in [0.1, 0.15) is 18.3 Å². The summed E-state index contributed by atoms with van der Waals surface area (Å²) >= 11 is 0. The van der Waals surface area contributed by atoms with Gasteiger partial charge in [-0.25, -0.2) is 0 Å². The van der Waals surface area contributed by atoms with Crippen LogP contribution in [0.5, 0.6) is 0 Å². The molecule has 2 heterocycles. The molecular weight excluding hydrogens is 283 g/mol. The minimum atomic E-state index is -4.97. The molecule has 0 unspecified atom stereocenters. The van der Waals surface area contributed by atoms with Gasteiger partial charge < -0.3 is 24.6 Å². The Morgan fingerprint density at radius 2 is 1.95 bits per heavy atom.